The zero-order valence-corrected chi connectivity index (χ0v) is 10.7. The second kappa shape index (κ2) is 6.39. The molecule has 18 heavy (non-hydrogen) atoms. The maximum Gasteiger partial charge on any atom is 0.314 e. The monoisotopic (exact) mass is 252 g/mol. The molecule has 0 radical (unpaired) electrons. The maximum atomic E-state index is 11.5. The fourth-order valence-electron chi connectivity index (χ4n) is 2.00. The lowest BCUT2D eigenvalue weighted by atomic mass is 10.2. The normalized spacial score (nSPS) is 18.8. The van der Waals surface area contributed by atoms with Crippen LogP contribution in [0.2, 0.25) is 0 Å². The van der Waals surface area contributed by atoms with E-state index in [2.05, 4.69) is 15.7 Å². The van der Waals surface area contributed by atoms with Gasteiger partial charge in [-0.1, -0.05) is 0 Å². The summed E-state index contributed by atoms with van der Waals surface area (Å²) < 4.78 is 7.18. The van der Waals surface area contributed by atoms with Crippen molar-refractivity contribution in [3.05, 3.63) is 18.0 Å². The van der Waals surface area contributed by atoms with Crippen LogP contribution >= 0.6 is 0 Å². The minimum atomic E-state index is -0.130. The SMILES string of the molecule is Cn1cc(CCNC(=O)NC[C@H]2CCCO2)cn1. The molecule has 0 spiro atoms. The Morgan fingerprint density at radius 3 is 3.17 bits per heavy atom. The molecule has 1 aromatic heterocycles. The van der Waals surface area contributed by atoms with Gasteiger partial charge in [0, 0.05) is 32.9 Å². The predicted molar refractivity (Wildman–Crippen MR) is 67.3 cm³/mol. The number of hydrogen-bond acceptors (Lipinski definition) is 3. The van der Waals surface area contributed by atoms with E-state index in [4.69, 9.17) is 4.74 Å². The summed E-state index contributed by atoms with van der Waals surface area (Å²) in [4.78, 5) is 11.5. The first-order valence-electron chi connectivity index (χ1n) is 6.35. The van der Waals surface area contributed by atoms with E-state index in [1.165, 1.54) is 0 Å². The summed E-state index contributed by atoms with van der Waals surface area (Å²) in [5.74, 6) is 0. The maximum absolute atomic E-state index is 11.5. The molecule has 1 saturated heterocycles. The molecule has 0 aromatic carbocycles. The van der Waals surface area contributed by atoms with Crippen LogP contribution in [-0.2, 0) is 18.2 Å². The molecule has 2 heterocycles. The van der Waals surface area contributed by atoms with Crippen molar-refractivity contribution in [2.75, 3.05) is 19.7 Å². The van der Waals surface area contributed by atoms with Crippen molar-refractivity contribution in [1.29, 1.82) is 0 Å². The zero-order chi connectivity index (χ0) is 12.8. The van der Waals surface area contributed by atoms with E-state index in [9.17, 15) is 4.79 Å². The molecule has 0 bridgehead atoms. The summed E-state index contributed by atoms with van der Waals surface area (Å²) in [6.07, 6.45) is 6.87. The number of amides is 2. The highest BCUT2D eigenvalue weighted by Gasteiger charge is 2.15. The largest absolute Gasteiger partial charge is 0.376 e. The van der Waals surface area contributed by atoms with Crippen LogP contribution in [0.1, 0.15) is 18.4 Å². The molecule has 1 atom stereocenters. The number of aromatic nitrogens is 2. The Balaban J connectivity index is 1.57. The van der Waals surface area contributed by atoms with Crippen molar-refractivity contribution in [2.24, 2.45) is 7.05 Å². The molecule has 2 N–H and O–H groups in total. The van der Waals surface area contributed by atoms with Gasteiger partial charge in [-0.15, -0.1) is 0 Å². The Hall–Kier alpha value is -1.56. The Morgan fingerprint density at radius 1 is 1.61 bits per heavy atom. The van der Waals surface area contributed by atoms with Gasteiger partial charge in [-0.25, -0.2) is 4.79 Å². The highest BCUT2D eigenvalue weighted by molar-refractivity contribution is 5.73. The third-order valence-corrected chi connectivity index (χ3v) is 2.97. The first-order chi connectivity index (χ1) is 8.74. The fourth-order valence-corrected chi connectivity index (χ4v) is 2.00. The number of ether oxygens (including phenoxy) is 1. The quantitative estimate of drug-likeness (QED) is 0.799. The number of hydrogen-bond donors (Lipinski definition) is 2. The van der Waals surface area contributed by atoms with Gasteiger partial charge in [-0.2, -0.15) is 5.10 Å². The van der Waals surface area contributed by atoms with Gasteiger partial charge < -0.3 is 15.4 Å². The molecule has 1 fully saturated rings. The van der Waals surface area contributed by atoms with Crippen molar-refractivity contribution in [2.45, 2.75) is 25.4 Å². The second-order valence-electron chi connectivity index (χ2n) is 4.54. The highest BCUT2D eigenvalue weighted by atomic mass is 16.5. The minimum absolute atomic E-state index is 0.130. The smallest absolute Gasteiger partial charge is 0.314 e. The van der Waals surface area contributed by atoms with Crippen LogP contribution in [0.25, 0.3) is 0 Å². The molecule has 2 amide bonds. The number of carbonyl (C=O) groups is 1. The van der Waals surface area contributed by atoms with Gasteiger partial charge in [-0.05, 0) is 24.8 Å². The number of carbonyl (C=O) groups excluding carboxylic acids is 1. The number of urea groups is 1. The molecule has 0 unspecified atom stereocenters. The van der Waals surface area contributed by atoms with Crippen molar-refractivity contribution in [3.8, 4) is 0 Å². The van der Waals surface area contributed by atoms with E-state index in [1.807, 2.05) is 19.4 Å². The summed E-state index contributed by atoms with van der Waals surface area (Å²) in [7, 11) is 1.88. The molecule has 6 nitrogen and oxygen atoms in total. The number of rotatable bonds is 5. The molecule has 1 aliphatic heterocycles. The van der Waals surface area contributed by atoms with Crippen LogP contribution in [0.5, 0.6) is 0 Å². The van der Waals surface area contributed by atoms with Crippen molar-refractivity contribution < 1.29 is 9.53 Å². The van der Waals surface area contributed by atoms with Gasteiger partial charge in [-0.3, -0.25) is 4.68 Å². The van der Waals surface area contributed by atoms with Gasteiger partial charge >= 0.3 is 6.03 Å². The Labute approximate surface area is 107 Å². The molecular formula is C12H20N4O2. The Morgan fingerprint density at radius 2 is 2.50 bits per heavy atom. The average Bonchev–Trinajstić information content (AvgIpc) is 2.98. The van der Waals surface area contributed by atoms with Crippen LogP contribution in [0.15, 0.2) is 12.4 Å². The van der Waals surface area contributed by atoms with Crippen LogP contribution < -0.4 is 10.6 Å². The van der Waals surface area contributed by atoms with Gasteiger partial charge in [0.25, 0.3) is 0 Å². The van der Waals surface area contributed by atoms with E-state index < -0.39 is 0 Å². The van der Waals surface area contributed by atoms with E-state index >= 15 is 0 Å². The number of nitrogens with one attached hydrogen (secondary N) is 2. The Bertz CT molecular complexity index is 385. The van der Waals surface area contributed by atoms with Crippen molar-refractivity contribution in [3.63, 3.8) is 0 Å². The summed E-state index contributed by atoms with van der Waals surface area (Å²) in [5.41, 5.74) is 1.12. The Kier molecular flexibility index (Phi) is 4.58. The molecule has 0 aliphatic carbocycles. The predicted octanol–water partition coefficient (Wildman–Crippen LogP) is 0.441. The van der Waals surface area contributed by atoms with Crippen LogP contribution in [0.4, 0.5) is 4.79 Å². The molecule has 6 heteroatoms. The van der Waals surface area contributed by atoms with Gasteiger partial charge in [0.05, 0.1) is 12.3 Å². The van der Waals surface area contributed by atoms with Crippen molar-refractivity contribution in [1.82, 2.24) is 20.4 Å². The minimum Gasteiger partial charge on any atom is -0.376 e. The molecule has 0 saturated carbocycles. The molecule has 2 rings (SSSR count). The molecule has 1 aromatic rings. The summed E-state index contributed by atoms with van der Waals surface area (Å²) in [6, 6.07) is -0.130. The first-order valence-corrected chi connectivity index (χ1v) is 6.35. The standard InChI is InChI=1S/C12H20N4O2/c1-16-9-10(7-15-16)4-5-13-12(17)14-8-11-3-2-6-18-11/h7,9,11H,2-6,8H2,1H3,(H2,13,14,17)/t11-/m1/s1. The summed E-state index contributed by atoms with van der Waals surface area (Å²) in [6.45, 7) is 2.02. The van der Waals surface area contributed by atoms with E-state index in [0.29, 0.717) is 13.1 Å². The first kappa shape index (κ1) is 12.9. The lowest BCUT2D eigenvalue weighted by Gasteiger charge is -2.11. The lowest BCUT2D eigenvalue weighted by molar-refractivity contribution is 0.111. The highest BCUT2D eigenvalue weighted by Crippen LogP contribution is 2.10. The van der Waals surface area contributed by atoms with E-state index in [-0.39, 0.29) is 12.1 Å². The number of nitrogens with zero attached hydrogens (tertiary/aromatic N) is 2. The van der Waals surface area contributed by atoms with Crippen LogP contribution in [0, 0.1) is 0 Å². The summed E-state index contributed by atoms with van der Waals surface area (Å²) >= 11 is 0. The topological polar surface area (TPSA) is 68.2 Å². The molecule has 1 aliphatic rings. The van der Waals surface area contributed by atoms with Gasteiger partial charge in [0.2, 0.25) is 0 Å². The third kappa shape index (κ3) is 4.03. The van der Waals surface area contributed by atoms with Crippen molar-refractivity contribution >= 4 is 6.03 Å². The lowest BCUT2D eigenvalue weighted by Crippen LogP contribution is -2.40. The molecule has 100 valence electrons. The third-order valence-electron chi connectivity index (χ3n) is 2.97. The average molecular weight is 252 g/mol. The molecular weight excluding hydrogens is 232 g/mol. The zero-order valence-electron chi connectivity index (χ0n) is 10.7. The van der Waals surface area contributed by atoms with Gasteiger partial charge in [0.1, 0.15) is 0 Å². The number of aryl methyl sites for hydroxylation is 1. The fraction of sp³-hybridized carbons (Fsp3) is 0.667. The van der Waals surface area contributed by atoms with Crippen LogP contribution in [0.3, 0.4) is 0 Å². The van der Waals surface area contributed by atoms with E-state index in [1.54, 1.807) is 4.68 Å². The van der Waals surface area contributed by atoms with Gasteiger partial charge in [0.15, 0.2) is 0 Å². The second-order valence-corrected chi connectivity index (χ2v) is 4.54. The van der Waals surface area contributed by atoms with E-state index in [0.717, 1.165) is 31.4 Å². The summed E-state index contributed by atoms with van der Waals surface area (Å²) in [5, 5.41) is 9.72. The van der Waals surface area contributed by atoms with Crippen LogP contribution in [-0.4, -0.2) is 41.6 Å².